The van der Waals surface area contributed by atoms with E-state index in [1.165, 1.54) is 0 Å². The van der Waals surface area contributed by atoms with Crippen LogP contribution in [0.15, 0.2) is 0 Å². The quantitative estimate of drug-likeness (QED) is 0.295. The van der Waals surface area contributed by atoms with Gasteiger partial charge in [0.25, 0.3) is 0 Å². The molecule has 2 amide bonds. The number of ether oxygens (including phenoxy) is 1. The van der Waals surface area contributed by atoms with Gasteiger partial charge in [0, 0.05) is 57.2 Å². The van der Waals surface area contributed by atoms with Crippen LogP contribution in [0.2, 0.25) is 0 Å². The van der Waals surface area contributed by atoms with Gasteiger partial charge in [-0.3, -0.25) is 9.59 Å². The number of carbonyl (C=O) groups excluding carboxylic acids is 2. The molecular weight excluding hydrogens is 438 g/mol. The summed E-state index contributed by atoms with van der Waals surface area (Å²) in [6.45, 7) is 27.2. The second-order valence-electron chi connectivity index (χ2n) is 13.8. The van der Waals surface area contributed by atoms with Crippen molar-refractivity contribution in [3.63, 3.8) is 0 Å². The van der Waals surface area contributed by atoms with Crippen LogP contribution in [0.5, 0.6) is 0 Å². The molecule has 0 aromatic rings. The highest BCUT2D eigenvalue weighted by Gasteiger charge is 2.37. The van der Waals surface area contributed by atoms with Gasteiger partial charge in [-0.25, -0.2) is 0 Å². The molecule has 0 rings (SSSR count). The van der Waals surface area contributed by atoms with Gasteiger partial charge in [-0.1, -0.05) is 55.4 Å². The summed E-state index contributed by atoms with van der Waals surface area (Å²) in [7, 11) is 3.77. The third-order valence-corrected chi connectivity index (χ3v) is 6.79. The summed E-state index contributed by atoms with van der Waals surface area (Å²) in [6, 6.07) is 0.418. The van der Waals surface area contributed by atoms with E-state index in [1.807, 2.05) is 46.7 Å². The minimum absolute atomic E-state index is 0.00146. The van der Waals surface area contributed by atoms with Crippen LogP contribution < -0.4 is 5.32 Å². The van der Waals surface area contributed by atoms with Crippen molar-refractivity contribution in [1.29, 1.82) is 0 Å². The fraction of sp³-hybridized carbons (Fsp3) is 0.931. The fourth-order valence-electron chi connectivity index (χ4n) is 5.25. The molecule has 0 aliphatic heterocycles. The molecular formula is C29H59N3O3. The molecule has 1 unspecified atom stereocenters. The van der Waals surface area contributed by atoms with Crippen LogP contribution in [0.4, 0.5) is 0 Å². The van der Waals surface area contributed by atoms with Gasteiger partial charge in [0.2, 0.25) is 11.8 Å². The van der Waals surface area contributed by atoms with E-state index in [4.69, 9.17) is 4.74 Å². The van der Waals surface area contributed by atoms with Crippen molar-refractivity contribution in [3.05, 3.63) is 0 Å². The molecule has 6 nitrogen and oxygen atoms in total. The van der Waals surface area contributed by atoms with E-state index >= 15 is 0 Å². The number of nitrogens with zero attached hydrogens (tertiary/aromatic N) is 2. The first-order valence-electron chi connectivity index (χ1n) is 13.6. The molecule has 0 saturated carbocycles. The fourth-order valence-corrected chi connectivity index (χ4v) is 5.25. The summed E-state index contributed by atoms with van der Waals surface area (Å²) in [6.07, 6.45) is 3.18. The molecule has 1 N–H and O–H groups in total. The predicted molar refractivity (Wildman–Crippen MR) is 149 cm³/mol. The Bertz CT molecular complexity index is 670. The van der Waals surface area contributed by atoms with E-state index in [-0.39, 0.29) is 22.8 Å². The van der Waals surface area contributed by atoms with Crippen molar-refractivity contribution in [1.82, 2.24) is 15.1 Å². The molecule has 0 heterocycles. The molecule has 1 atom stereocenters. The highest BCUT2D eigenvalue weighted by Crippen LogP contribution is 2.34. The Morgan fingerprint density at radius 2 is 1.43 bits per heavy atom. The van der Waals surface area contributed by atoms with E-state index in [2.05, 4.69) is 60.7 Å². The zero-order valence-corrected chi connectivity index (χ0v) is 25.7. The van der Waals surface area contributed by atoms with Gasteiger partial charge in [-0.05, 0) is 58.3 Å². The van der Waals surface area contributed by atoms with Crippen LogP contribution in [-0.2, 0) is 14.3 Å². The van der Waals surface area contributed by atoms with Gasteiger partial charge in [-0.2, -0.15) is 0 Å². The minimum atomic E-state index is -0.523. The number of rotatable bonds is 16. The van der Waals surface area contributed by atoms with Crippen LogP contribution in [-0.4, -0.2) is 72.6 Å². The zero-order chi connectivity index (χ0) is 27.8. The lowest BCUT2D eigenvalue weighted by atomic mass is 9.75. The molecule has 0 aliphatic carbocycles. The lowest BCUT2D eigenvalue weighted by Gasteiger charge is -2.42. The predicted octanol–water partition coefficient (Wildman–Crippen LogP) is 5.74. The van der Waals surface area contributed by atoms with E-state index < -0.39 is 11.0 Å². The lowest BCUT2D eigenvalue weighted by molar-refractivity contribution is -0.143. The largest absolute Gasteiger partial charge is 0.374 e. The van der Waals surface area contributed by atoms with Gasteiger partial charge in [0.05, 0.1) is 5.60 Å². The van der Waals surface area contributed by atoms with Crippen molar-refractivity contribution in [3.8, 4) is 0 Å². The number of hydrogen-bond donors (Lipinski definition) is 1. The Morgan fingerprint density at radius 1 is 0.886 bits per heavy atom. The van der Waals surface area contributed by atoms with Gasteiger partial charge >= 0.3 is 0 Å². The van der Waals surface area contributed by atoms with E-state index in [0.717, 1.165) is 19.4 Å². The summed E-state index contributed by atoms with van der Waals surface area (Å²) >= 11 is 0. The summed E-state index contributed by atoms with van der Waals surface area (Å²) in [5, 5.41) is 3.67. The van der Waals surface area contributed by atoms with Crippen molar-refractivity contribution in [2.45, 2.75) is 126 Å². The molecule has 0 spiro atoms. The van der Waals surface area contributed by atoms with Crippen LogP contribution in [0.1, 0.15) is 109 Å². The zero-order valence-electron chi connectivity index (χ0n) is 25.7. The number of nitrogens with one attached hydrogen (secondary N) is 1. The first kappa shape index (κ1) is 33.9. The first-order chi connectivity index (χ1) is 15.7. The summed E-state index contributed by atoms with van der Waals surface area (Å²) in [5.74, 6) is 0.627. The Hall–Kier alpha value is -1.14. The van der Waals surface area contributed by atoms with E-state index in [0.29, 0.717) is 38.0 Å². The van der Waals surface area contributed by atoms with Crippen molar-refractivity contribution < 1.29 is 14.3 Å². The number of hydrogen-bond acceptors (Lipinski definition) is 4. The maximum Gasteiger partial charge on any atom is 0.228 e. The Morgan fingerprint density at radius 3 is 1.89 bits per heavy atom. The normalized spacial score (nSPS) is 14.9. The van der Waals surface area contributed by atoms with Crippen LogP contribution in [0.3, 0.4) is 0 Å². The van der Waals surface area contributed by atoms with Crippen molar-refractivity contribution >= 4 is 11.8 Å². The Balaban J connectivity index is 4.99. The molecule has 0 aromatic carbocycles. The van der Waals surface area contributed by atoms with Crippen molar-refractivity contribution in [2.24, 2.45) is 16.7 Å². The molecule has 208 valence electrons. The molecule has 0 bridgehead atoms. The lowest BCUT2D eigenvalue weighted by Crippen LogP contribution is -2.50. The van der Waals surface area contributed by atoms with Gasteiger partial charge < -0.3 is 19.9 Å². The molecule has 0 radical (unpaired) electrons. The maximum atomic E-state index is 13.4. The minimum Gasteiger partial charge on any atom is -0.374 e. The standard InChI is InChI=1S/C29H59N3O3/c1-15-29(12,19-27(8,9)30-23(4)5)21-32(14)25(34)26(6,7)16-17-35-28(10,11)20-31(13)24(33)18-22(2)3/h22-23,30H,15-21H2,1-14H3. The van der Waals surface area contributed by atoms with Crippen molar-refractivity contribution in [2.75, 3.05) is 33.8 Å². The molecule has 0 aromatic heterocycles. The van der Waals surface area contributed by atoms with E-state index in [1.54, 1.807) is 4.90 Å². The molecule has 35 heavy (non-hydrogen) atoms. The SMILES string of the molecule is CCC(C)(CN(C)C(=O)C(C)(C)CCOC(C)(C)CN(C)C(=O)CC(C)C)CC(C)(C)NC(C)C. The topological polar surface area (TPSA) is 61.9 Å². The molecule has 0 fully saturated rings. The van der Waals surface area contributed by atoms with Gasteiger partial charge in [0.15, 0.2) is 0 Å². The highest BCUT2D eigenvalue weighted by atomic mass is 16.5. The number of likely N-dealkylation sites (N-methyl/N-ethyl adjacent to an activating group) is 1. The maximum absolute atomic E-state index is 13.4. The van der Waals surface area contributed by atoms with Crippen LogP contribution in [0.25, 0.3) is 0 Å². The average molecular weight is 498 g/mol. The summed E-state index contributed by atoms with van der Waals surface area (Å²) < 4.78 is 6.17. The second-order valence-corrected chi connectivity index (χ2v) is 13.8. The number of amides is 2. The Labute approximate surface area is 217 Å². The third-order valence-electron chi connectivity index (χ3n) is 6.79. The highest BCUT2D eigenvalue weighted by molar-refractivity contribution is 5.81. The Kier molecular flexibility index (Phi) is 13.0. The number of carbonyl (C=O) groups is 2. The average Bonchev–Trinajstić information content (AvgIpc) is 2.64. The molecule has 0 aliphatic rings. The second kappa shape index (κ2) is 13.4. The summed E-state index contributed by atoms with van der Waals surface area (Å²) in [5.41, 5.74) is -0.967. The summed E-state index contributed by atoms with van der Waals surface area (Å²) in [4.78, 5) is 29.4. The third kappa shape index (κ3) is 13.1. The van der Waals surface area contributed by atoms with Crippen LogP contribution >= 0.6 is 0 Å². The van der Waals surface area contributed by atoms with Gasteiger partial charge in [0.1, 0.15) is 0 Å². The smallest absolute Gasteiger partial charge is 0.228 e. The molecule has 6 heteroatoms. The van der Waals surface area contributed by atoms with Gasteiger partial charge in [-0.15, -0.1) is 0 Å². The first-order valence-corrected chi connectivity index (χ1v) is 13.6. The van der Waals surface area contributed by atoms with Crippen LogP contribution in [0, 0.1) is 16.7 Å². The van der Waals surface area contributed by atoms with E-state index in [9.17, 15) is 9.59 Å². The monoisotopic (exact) mass is 497 g/mol. The molecule has 0 saturated heterocycles.